The molecule has 0 rings (SSSR count). The van der Waals surface area contributed by atoms with Crippen molar-refractivity contribution in [3.05, 3.63) is 0 Å². The van der Waals surface area contributed by atoms with Crippen molar-refractivity contribution in [1.29, 1.82) is 0 Å². The van der Waals surface area contributed by atoms with Crippen LogP contribution in [0.4, 0.5) is 0 Å². The maximum Gasteiger partial charge on any atom is 1.00 e. The van der Waals surface area contributed by atoms with E-state index in [1.165, 1.54) is 0 Å². The molecule has 0 aromatic carbocycles. The minimum Gasteiger partial charge on any atom is -1.00 e. The van der Waals surface area contributed by atoms with Crippen molar-refractivity contribution >= 4 is 15.9 Å². The van der Waals surface area contributed by atoms with Crippen LogP contribution in [0, 0.1) is 0 Å². The van der Waals surface area contributed by atoms with Crippen LogP contribution in [0.2, 0.25) is 0 Å². The van der Waals surface area contributed by atoms with Gasteiger partial charge in [-0.3, -0.25) is 0 Å². The summed E-state index contributed by atoms with van der Waals surface area (Å²) in [6.45, 7) is 2.47. The summed E-state index contributed by atoms with van der Waals surface area (Å²) < 4.78 is 19.8. The van der Waals surface area contributed by atoms with Gasteiger partial charge in [-0.1, -0.05) is 0 Å². The SMILES string of the molecule is COCC[O][Al][O]CCOC.[H-].[K+]. The normalized spacial score (nSPS) is 9.17. The van der Waals surface area contributed by atoms with Gasteiger partial charge in [0.05, 0.1) is 13.2 Å². The third-order valence-corrected chi connectivity index (χ3v) is 1.69. The Kier molecular flexibility index (Phi) is 21.2. The van der Waals surface area contributed by atoms with Crippen molar-refractivity contribution < 1.29 is 69.9 Å². The molecule has 0 saturated carbocycles. The largest absolute Gasteiger partial charge is 1.00 e. The summed E-state index contributed by atoms with van der Waals surface area (Å²) in [6.07, 6.45) is 0. The molecule has 0 unspecified atom stereocenters. The number of rotatable bonds is 8. The molecule has 67 valence electrons. The van der Waals surface area contributed by atoms with Crippen LogP contribution in [0.25, 0.3) is 0 Å². The maximum absolute atomic E-state index is 5.10. The Morgan fingerprint density at radius 3 is 1.67 bits per heavy atom. The summed E-state index contributed by atoms with van der Waals surface area (Å²) >= 11 is -0.349. The molecular formula is C6H15AlKO4. The maximum atomic E-state index is 5.10. The van der Waals surface area contributed by atoms with Gasteiger partial charge in [0, 0.05) is 27.4 Å². The van der Waals surface area contributed by atoms with E-state index in [0.717, 1.165) is 0 Å². The van der Waals surface area contributed by atoms with Crippen LogP contribution < -0.4 is 51.4 Å². The van der Waals surface area contributed by atoms with Crippen molar-refractivity contribution in [3.63, 3.8) is 0 Å². The molecule has 0 aliphatic carbocycles. The van der Waals surface area contributed by atoms with E-state index in [2.05, 4.69) is 0 Å². The summed E-state index contributed by atoms with van der Waals surface area (Å²) in [5.74, 6) is 0. The van der Waals surface area contributed by atoms with E-state index < -0.39 is 0 Å². The first kappa shape index (κ1) is 16.4. The van der Waals surface area contributed by atoms with Crippen LogP contribution in [0.1, 0.15) is 1.43 Å². The monoisotopic (exact) mass is 217 g/mol. The second-order valence-corrected chi connectivity index (χ2v) is 2.68. The van der Waals surface area contributed by atoms with Gasteiger partial charge in [-0.15, -0.1) is 0 Å². The van der Waals surface area contributed by atoms with Gasteiger partial charge in [-0.25, -0.2) is 0 Å². The molecule has 0 amide bonds. The number of methoxy groups -OCH3 is 2. The van der Waals surface area contributed by atoms with Crippen LogP contribution in [-0.2, 0) is 17.1 Å². The number of hydrogen-bond donors (Lipinski definition) is 0. The Labute approximate surface area is 125 Å². The van der Waals surface area contributed by atoms with Crippen LogP contribution in [0.5, 0.6) is 0 Å². The van der Waals surface area contributed by atoms with Crippen molar-refractivity contribution in [3.8, 4) is 0 Å². The molecule has 0 fully saturated rings. The molecule has 0 aliphatic heterocycles. The van der Waals surface area contributed by atoms with E-state index in [-0.39, 0.29) is 68.7 Å². The fourth-order valence-corrected chi connectivity index (χ4v) is 0.888. The summed E-state index contributed by atoms with van der Waals surface area (Å²) in [5.41, 5.74) is 0. The Morgan fingerprint density at radius 2 is 1.33 bits per heavy atom. The van der Waals surface area contributed by atoms with Gasteiger partial charge in [0.25, 0.3) is 0 Å². The molecule has 12 heavy (non-hydrogen) atoms. The average molecular weight is 217 g/mol. The van der Waals surface area contributed by atoms with Crippen LogP contribution >= 0.6 is 0 Å². The minimum atomic E-state index is -0.349. The number of hydrogen-bond acceptors (Lipinski definition) is 4. The second-order valence-electron chi connectivity index (χ2n) is 1.82. The Hall–Kier alpha value is 2.01. The van der Waals surface area contributed by atoms with Crippen molar-refractivity contribution in [2.75, 3.05) is 40.6 Å². The van der Waals surface area contributed by atoms with Gasteiger partial charge < -0.3 is 18.5 Å². The third-order valence-electron chi connectivity index (χ3n) is 0.947. The molecule has 0 saturated heterocycles. The van der Waals surface area contributed by atoms with Crippen molar-refractivity contribution in [2.45, 2.75) is 0 Å². The Morgan fingerprint density at radius 1 is 0.917 bits per heavy atom. The summed E-state index contributed by atoms with van der Waals surface area (Å²) in [7, 11) is 3.29. The third kappa shape index (κ3) is 14.5. The smallest absolute Gasteiger partial charge is 1.00 e. The van der Waals surface area contributed by atoms with Gasteiger partial charge >= 0.3 is 67.3 Å². The summed E-state index contributed by atoms with van der Waals surface area (Å²) in [6, 6.07) is 0. The predicted octanol–water partition coefficient (Wildman–Crippen LogP) is -3.04. The first-order valence-electron chi connectivity index (χ1n) is 3.44. The average Bonchev–Trinajstić information content (AvgIpc) is 2.03. The zero-order chi connectivity index (χ0) is 8.36. The molecule has 0 aliphatic rings. The van der Waals surface area contributed by atoms with Crippen LogP contribution in [0.3, 0.4) is 0 Å². The van der Waals surface area contributed by atoms with E-state index in [1.807, 2.05) is 0 Å². The molecule has 4 nitrogen and oxygen atoms in total. The van der Waals surface area contributed by atoms with Crippen molar-refractivity contribution in [2.24, 2.45) is 0 Å². The quantitative estimate of drug-likeness (QED) is 0.320. The van der Waals surface area contributed by atoms with E-state index in [0.29, 0.717) is 26.4 Å². The van der Waals surface area contributed by atoms with E-state index in [9.17, 15) is 0 Å². The van der Waals surface area contributed by atoms with Crippen LogP contribution in [0.15, 0.2) is 0 Å². The molecule has 0 atom stereocenters. The van der Waals surface area contributed by atoms with Crippen LogP contribution in [-0.4, -0.2) is 56.5 Å². The van der Waals surface area contributed by atoms with Gasteiger partial charge in [0.15, 0.2) is 0 Å². The fraction of sp³-hybridized carbons (Fsp3) is 1.00. The topological polar surface area (TPSA) is 36.9 Å². The molecule has 0 bridgehead atoms. The molecule has 6 heteroatoms. The zero-order valence-corrected chi connectivity index (χ0v) is 12.3. The number of ether oxygens (including phenoxy) is 2. The van der Waals surface area contributed by atoms with E-state index in [4.69, 9.17) is 17.1 Å². The van der Waals surface area contributed by atoms with E-state index in [1.54, 1.807) is 14.2 Å². The summed E-state index contributed by atoms with van der Waals surface area (Å²) in [5, 5.41) is 0. The minimum absolute atomic E-state index is 0. The molecule has 0 spiro atoms. The second kappa shape index (κ2) is 15.5. The molecule has 1 radical (unpaired) electrons. The molecule has 0 aromatic heterocycles. The van der Waals surface area contributed by atoms with Gasteiger partial charge in [0.2, 0.25) is 0 Å². The molecular weight excluding hydrogens is 202 g/mol. The first-order valence-corrected chi connectivity index (χ1v) is 4.39. The Balaban J connectivity index is -0.000000500. The summed E-state index contributed by atoms with van der Waals surface area (Å²) in [4.78, 5) is 0. The molecule has 0 aromatic rings. The van der Waals surface area contributed by atoms with Gasteiger partial charge in [0.1, 0.15) is 0 Å². The Bertz CT molecular complexity index is 73.7. The van der Waals surface area contributed by atoms with Gasteiger partial charge in [-0.2, -0.15) is 0 Å². The van der Waals surface area contributed by atoms with Crippen molar-refractivity contribution in [1.82, 2.24) is 0 Å². The molecule has 0 heterocycles. The zero-order valence-electron chi connectivity index (χ0n) is 9.04. The first-order chi connectivity index (χ1) is 5.41. The van der Waals surface area contributed by atoms with Gasteiger partial charge in [-0.05, 0) is 0 Å². The van der Waals surface area contributed by atoms with E-state index >= 15 is 0 Å². The fourth-order valence-electron chi connectivity index (χ4n) is 0.407. The predicted molar refractivity (Wildman–Crippen MR) is 42.5 cm³/mol. The molecule has 0 N–H and O–H groups in total. The standard InChI is InChI=1S/2C3H7O2.Al.K.H/c2*1-5-3-2-4;;;/h2*2-3H2,1H3;;;/q2*-1;+2;+1;-1.